The molecule has 0 heterocycles. The van der Waals surface area contributed by atoms with Crippen LogP contribution in [0.25, 0.3) is 0 Å². The fourth-order valence-corrected chi connectivity index (χ4v) is 2.25. The Morgan fingerprint density at radius 3 is 2.47 bits per heavy atom. The first-order chi connectivity index (χ1) is 7.97. The number of hydrogen-bond donors (Lipinski definition) is 1. The van der Waals surface area contributed by atoms with E-state index in [4.69, 9.17) is 0 Å². The number of nitrogens with one attached hydrogen (secondary N) is 1. The fraction of sp³-hybridized carbons (Fsp3) is 0.500. The van der Waals surface area contributed by atoms with Gasteiger partial charge in [0, 0.05) is 17.1 Å². The average molecular weight is 308 g/mol. The Kier molecular flexibility index (Phi) is 3.78. The Labute approximate surface area is 107 Å². The predicted octanol–water partition coefficient (Wildman–Crippen LogP) is 4.11. The number of rotatable bonds is 3. The van der Waals surface area contributed by atoms with Crippen LogP contribution in [0.3, 0.4) is 0 Å². The van der Waals surface area contributed by atoms with Crippen molar-refractivity contribution in [3.8, 4) is 0 Å². The van der Waals surface area contributed by atoms with Gasteiger partial charge in [0.15, 0.2) is 0 Å². The second kappa shape index (κ2) is 4.98. The predicted molar refractivity (Wildman–Crippen MR) is 63.6 cm³/mol. The zero-order valence-electron chi connectivity index (χ0n) is 9.15. The van der Waals surface area contributed by atoms with Gasteiger partial charge in [-0.1, -0.05) is 28.4 Å². The molecule has 1 saturated carbocycles. The number of alkyl halides is 3. The molecule has 1 N–H and O–H groups in total. The van der Waals surface area contributed by atoms with Crippen molar-refractivity contribution in [3.05, 3.63) is 33.8 Å². The maximum absolute atomic E-state index is 12.4. The van der Waals surface area contributed by atoms with E-state index in [1.165, 1.54) is 12.5 Å². The highest BCUT2D eigenvalue weighted by Gasteiger charge is 2.30. The molecular formula is C12H13BrF3N. The molecule has 94 valence electrons. The highest BCUT2D eigenvalue weighted by molar-refractivity contribution is 9.10. The molecule has 2 rings (SSSR count). The smallest absolute Gasteiger partial charge is 0.310 e. The van der Waals surface area contributed by atoms with Crippen LogP contribution in [-0.2, 0) is 12.7 Å². The number of hydrogen-bond acceptors (Lipinski definition) is 1. The van der Waals surface area contributed by atoms with E-state index in [2.05, 4.69) is 21.2 Å². The molecule has 17 heavy (non-hydrogen) atoms. The zero-order valence-corrected chi connectivity index (χ0v) is 10.7. The SMILES string of the molecule is FC(F)(F)c1ccc(CNC2CCC2)c(Br)c1. The van der Waals surface area contributed by atoms with Gasteiger partial charge in [-0.2, -0.15) is 13.2 Å². The van der Waals surface area contributed by atoms with E-state index in [0.717, 1.165) is 30.5 Å². The lowest BCUT2D eigenvalue weighted by atomic mass is 9.93. The molecule has 5 heteroatoms. The molecule has 0 saturated heterocycles. The minimum Gasteiger partial charge on any atom is -0.310 e. The van der Waals surface area contributed by atoms with Crippen LogP contribution in [-0.4, -0.2) is 6.04 Å². The standard InChI is InChI=1S/C12H13BrF3N/c13-11-6-9(12(14,15)16)5-4-8(11)7-17-10-2-1-3-10/h4-6,10,17H,1-3,7H2. The van der Waals surface area contributed by atoms with Crippen molar-refractivity contribution < 1.29 is 13.2 Å². The van der Waals surface area contributed by atoms with Crippen LogP contribution in [0.1, 0.15) is 30.4 Å². The largest absolute Gasteiger partial charge is 0.416 e. The van der Waals surface area contributed by atoms with Crippen LogP contribution < -0.4 is 5.32 Å². The van der Waals surface area contributed by atoms with E-state index in [1.54, 1.807) is 0 Å². The lowest BCUT2D eigenvalue weighted by molar-refractivity contribution is -0.137. The van der Waals surface area contributed by atoms with Crippen molar-refractivity contribution >= 4 is 15.9 Å². The van der Waals surface area contributed by atoms with Crippen molar-refractivity contribution in [1.29, 1.82) is 0 Å². The van der Waals surface area contributed by atoms with Crippen molar-refractivity contribution in [1.82, 2.24) is 5.32 Å². The molecule has 0 spiro atoms. The molecule has 0 aromatic heterocycles. The van der Waals surface area contributed by atoms with Gasteiger partial charge in [0.2, 0.25) is 0 Å². The first-order valence-corrected chi connectivity index (χ1v) is 6.35. The van der Waals surface area contributed by atoms with E-state index in [1.807, 2.05) is 0 Å². The minimum absolute atomic E-state index is 0.513. The summed E-state index contributed by atoms with van der Waals surface area (Å²) in [6.45, 7) is 0.614. The van der Waals surface area contributed by atoms with Crippen LogP contribution in [0, 0.1) is 0 Å². The molecule has 0 radical (unpaired) electrons. The Hall–Kier alpha value is -0.550. The fourth-order valence-electron chi connectivity index (χ4n) is 1.73. The average Bonchev–Trinajstić information content (AvgIpc) is 2.16. The first-order valence-electron chi connectivity index (χ1n) is 5.56. The lowest BCUT2D eigenvalue weighted by Gasteiger charge is -2.26. The summed E-state index contributed by atoms with van der Waals surface area (Å²) in [5.74, 6) is 0. The molecule has 0 bridgehead atoms. The van der Waals surface area contributed by atoms with E-state index < -0.39 is 11.7 Å². The van der Waals surface area contributed by atoms with Crippen molar-refractivity contribution in [2.45, 2.75) is 38.0 Å². The zero-order chi connectivity index (χ0) is 12.5. The van der Waals surface area contributed by atoms with E-state index in [-0.39, 0.29) is 0 Å². The van der Waals surface area contributed by atoms with Crippen LogP contribution in [0.5, 0.6) is 0 Å². The number of benzene rings is 1. The van der Waals surface area contributed by atoms with E-state index >= 15 is 0 Å². The van der Waals surface area contributed by atoms with Crippen LogP contribution >= 0.6 is 15.9 Å². The van der Waals surface area contributed by atoms with Crippen molar-refractivity contribution in [2.75, 3.05) is 0 Å². The number of halogens is 4. The Balaban J connectivity index is 2.03. The quantitative estimate of drug-likeness (QED) is 0.886. The summed E-state index contributed by atoms with van der Waals surface area (Å²) in [7, 11) is 0. The topological polar surface area (TPSA) is 12.0 Å². The maximum Gasteiger partial charge on any atom is 0.416 e. The highest BCUT2D eigenvalue weighted by Crippen LogP contribution is 2.32. The molecule has 0 unspecified atom stereocenters. The highest BCUT2D eigenvalue weighted by atomic mass is 79.9. The molecule has 1 aliphatic rings. The van der Waals surface area contributed by atoms with Crippen molar-refractivity contribution in [2.24, 2.45) is 0 Å². The Morgan fingerprint density at radius 2 is 2.00 bits per heavy atom. The monoisotopic (exact) mass is 307 g/mol. The van der Waals surface area contributed by atoms with Gasteiger partial charge in [0.25, 0.3) is 0 Å². The van der Waals surface area contributed by atoms with Gasteiger partial charge in [-0.3, -0.25) is 0 Å². The van der Waals surface area contributed by atoms with Gasteiger partial charge in [-0.15, -0.1) is 0 Å². The van der Waals surface area contributed by atoms with Gasteiger partial charge in [0.05, 0.1) is 5.56 Å². The van der Waals surface area contributed by atoms with Crippen LogP contribution in [0.4, 0.5) is 13.2 Å². The van der Waals surface area contributed by atoms with Crippen LogP contribution in [0.15, 0.2) is 22.7 Å². The Bertz CT molecular complexity index is 399. The van der Waals surface area contributed by atoms with E-state index in [0.29, 0.717) is 17.1 Å². The molecule has 0 aliphatic heterocycles. The molecule has 1 fully saturated rings. The van der Waals surface area contributed by atoms with Crippen LogP contribution in [0.2, 0.25) is 0 Å². The third-order valence-corrected chi connectivity index (χ3v) is 3.80. The second-order valence-electron chi connectivity index (χ2n) is 4.31. The summed E-state index contributed by atoms with van der Waals surface area (Å²) in [6, 6.07) is 4.32. The van der Waals surface area contributed by atoms with Gasteiger partial charge < -0.3 is 5.32 Å². The summed E-state index contributed by atoms with van der Waals surface area (Å²) in [6.07, 6.45) is -0.704. The summed E-state index contributed by atoms with van der Waals surface area (Å²) >= 11 is 3.19. The maximum atomic E-state index is 12.4. The third kappa shape index (κ3) is 3.22. The summed E-state index contributed by atoms with van der Waals surface area (Å²) in [5, 5.41) is 3.32. The van der Waals surface area contributed by atoms with E-state index in [9.17, 15) is 13.2 Å². The second-order valence-corrected chi connectivity index (χ2v) is 5.17. The van der Waals surface area contributed by atoms with Gasteiger partial charge >= 0.3 is 6.18 Å². The third-order valence-electron chi connectivity index (χ3n) is 3.07. The summed E-state index contributed by atoms with van der Waals surface area (Å²) < 4.78 is 37.8. The van der Waals surface area contributed by atoms with Gasteiger partial charge in [-0.05, 0) is 30.5 Å². The lowest BCUT2D eigenvalue weighted by Crippen LogP contribution is -2.34. The summed E-state index contributed by atoms with van der Waals surface area (Å²) in [4.78, 5) is 0. The van der Waals surface area contributed by atoms with Gasteiger partial charge in [0.1, 0.15) is 0 Å². The molecule has 0 amide bonds. The molecular weight excluding hydrogens is 295 g/mol. The normalized spacial score (nSPS) is 16.9. The summed E-state index contributed by atoms with van der Waals surface area (Å²) in [5.41, 5.74) is 0.252. The first kappa shape index (κ1) is 12.9. The molecule has 1 aromatic carbocycles. The Morgan fingerprint density at radius 1 is 1.29 bits per heavy atom. The molecule has 1 aromatic rings. The molecule has 1 nitrogen and oxygen atoms in total. The molecule has 0 atom stereocenters. The minimum atomic E-state index is -4.28. The van der Waals surface area contributed by atoms with Crippen molar-refractivity contribution in [3.63, 3.8) is 0 Å². The van der Waals surface area contributed by atoms with Gasteiger partial charge in [-0.25, -0.2) is 0 Å². The molecule has 1 aliphatic carbocycles.